The molecule has 0 rings (SSSR count). The van der Waals surface area contributed by atoms with E-state index in [9.17, 15) is 0 Å². The Hall–Kier alpha value is 0.0595. The average molecular weight is 387 g/mol. The molecule has 0 radical (unpaired) electrons. The molecular formula is C10H30Ca2N2O8. The van der Waals surface area contributed by atoms with Gasteiger partial charge in [-0.05, 0) is 0 Å². The molecule has 0 aromatic carbocycles. The number of aliphatic carboxylic acids is 4. The van der Waals surface area contributed by atoms with Crippen molar-refractivity contribution in [2.75, 3.05) is 0 Å². The molecule has 0 saturated heterocycles. The van der Waals surface area contributed by atoms with Crippen molar-refractivity contribution in [1.29, 1.82) is 0 Å². The maximum Gasteiger partial charge on any atom is 2.00 e. The Balaban J connectivity index is -0.00000000694. The molecule has 12 heteroatoms. The minimum atomic E-state index is -0.833. The molecule has 0 unspecified atom stereocenters. The molecule has 0 amide bonds. The van der Waals surface area contributed by atoms with Crippen LogP contribution in [0.1, 0.15) is 33.4 Å². The zero-order valence-corrected chi connectivity index (χ0v) is 18.1. The Kier molecular flexibility index (Phi) is 152. The van der Waals surface area contributed by atoms with E-state index in [-0.39, 0.29) is 93.5 Å². The Morgan fingerprint density at radius 2 is 0.591 bits per heavy atom. The van der Waals surface area contributed by atoms with Crippen molar-refractivity contribution in [2.24, 2.45) is 0 Å². The first-order valence-corrected chi connectivity index (χ1v) is 4.21. The maximum atomic E-state index is 9.00. The molecule has 0 aliphatic rings. The van der Waals surface area contributed by atoms with E-state index in [1.54, 1.807) is 0 Å². The summed E-state index contributed by atoms with van der Waals surface area (Å²) in [6, 6.07) is 0. The molecule has 0 aliphatic carbocycles. The average Bonchev–Trinajstić information content (AvgIpc) is 2.01. The number of hydrogen-bond acceptors (Lipinski definition) is 6. The summed E-state index contributed by atoms with van der Waals surface area (Å²) in [5.41, 5.74) is 0. The number of carbonyl (C=O) groups is 4. The molecular weight excluding hydrogens is 356 g/mol. The number of rotatable bonds is 0. The van der Waals surface area contributed by atoms with Crippen LogP contribution in [0.15, 0.2) is 13.2 Å². The molecule has 0 aromatic rings. The van der Waals surface area contributed by atoms with E-state index < -0.39 is 23.9 Å². The van der Waals surface area contributed by atoms with E-state index in [4.69, 9.17) is 39.6 Å². The van der Waals surface area contributed by atoms with Crippen LogP contribution < -0.4 is 12.3 Å². The third-order valence-corrected chi connectivity index (χ3v) is 0. The van der Waals surface area contributed by atoms with E-state index in [2.05, 4.69) is 13.2 Å². The van der Waals surface area contributed by atoms with Gasteiger partial charge in [0.05, 0.1) is 0 Å². The second kappa shape index (κ2) is 58.3. The fourth-order valence-corrected chi connectivity index (χ4v) is 0. The van der Waals surface area contributed by atoms with Gasteiger partial charge in [-0.3, -0.25) is 19.2 Å². The topological polar surface area (TPSA) is 219 Å². The molecule has 0 atom stereocenters. The van der Waals surface area contributed by atoms with Gasteiger partial charge < -0.3 is 38.4 Å². The van der Waals surface area contributed by atoms with Crippen LogP contribution in [0, 0.1) is 0 Å². The third-order valence-electron chi connectivity index (χ3n) is 0. The Morgan fingerprint density at radius 3 is 0.591 bits per heavy atom. The number of carboxylic acid groups (broad SMARTS) is 4. The van der Waals surface area contributed by atoms with E-state index in [1.807, 2.05) is 0 Å². The molecule has 132 valence electrons. The first-order chi connectivity index (χ1) is 7.93. The second-order valence-corrected chi connectivity index (χ2v) is 2.08. The van der Waals surface area contributed by atoms with Crippen molar-refractivity contribution < 1.29 is 45.3 Å². The fraction of sp³-hybridized carbons (Fsp3) is 0.400. The zero-order chi connectivity index (χ0) is 16.3. The molecule has 10 N–H and O–H groups in total. The Bertz CT molecular complexity index is 205. The van der Waals surface area contributed by atoms with Gasteiger partial charge in [-0.15, -0.1) is 13.2 Å². The summed E-state index contributed by atoms with van der Waals surface area (Å²) < 4.78 is 0. The van der Waals surface area contributed by atoms with Gasteiger partial charge in [-0.25, -0.2) is 0 Å². The van der Waals surface area contributed by atoms with E-state index in [0.717, 1.165) is 27.7 Å². The van der Waals surface area contributed by atoms with E-state index >= 15 is 0 Å². The summed E-state index contributed by atoms with van der Waals surface area (Å²) in [6.45, 7) is 10.3. The van der Waals surface area contributed by atoms with Crippen LogP contribution in [0.3, 0.4) is 0 Å². The van der Waals surface area contributed by atoms with Gasteiger partial charge >= 0.3 is 75.5 Å². The summed E-state index contributed by atoms with van der Waals surface area (Å²) in [6.07, 6.45) is 0. The van der Waals surface area contributed by atoms with Gasteiger partial charge in [-0.2, -0.15) is 0 Å². The normalized spacial score (nSPS) is 4.73. The Labute approximate surface area is 196 Å². The molecule has 0 aromatic heterocycles. The summed E-state index contributed by atoms with van der Waals surface area (Å²) >= 11 is 0. The fourth-order valence-electron chi connectivity index (χ4n) is 0. The quantitative estimate of drug-likeness (QED) is 0.257. The van der Waals surface area contributed by atoms with Crippen molar-refractivity contribution in [1.82, 2.24) is 12.3 Å². The molecule has 0 bridgehead atoms. The van der Waals surface area contributed by atoms with Crippen molar-refractivity contribution in [3.8, 4) is 0 Å². The molecule has 0 saturated carbocycles. The predicted molar refractivity (Wildman–Crippen MR) is 90.5 cm³/mol. The van der Waals surface area contributed by atoms with Gasteiger partial charge in [0.2, 0.25) is 0 Å². The van der Waals surface area contributed by atoms with Crippen molar-refractivity contribution in [3.63, 3.8) is 0 Å². The third kappa shape index (κ3) is 2060000. The number of hydrogen-bond donors (Lipinski definition) is 6. The van der Waals surface area contributed by atoms with Crippen molar-refractivity contribution in [3.05, 3.63) is 13.2 Å². The molecule has 10 nitrogen and oxygen atoms in total. The summed E-state index contributed by atoms with van der Waals surface area (Å²) in [7, 11) is 0. The first kappa shape index (κ1) is 57.4. The van der Waals surface area contributed by atoms with Gasteiger partial charge in [0.25, 0.3) is 23.9 Å². The van der Waals surface area contributed by atoms with Crippen LogP contribution in [0.2, 0.25) is 0 Å². The molecule has 0 aliphatic heterocycles. The van der Waals surface area contributed by atoms with Crippen LogP contribution in [0.25, 0.3) is 0 Å². The molecule has 0 spiro atoms. The summed E-state index contributed by atoms with van der Waals surface area (Å²) in [5, 5.41) is 29.7. The minimum Gasteiger partial charge on any atom is -1.00 e. The van der Waals surface area contributed by atoms with Crippen molar-refractivity contribution >= 4 is 99.4 Å². The van der Waals surface area contributed by atoms with Gasteiger partial charge in [-0.1, -0.05) is 0 Å². The van der Waals surface area contributed by atoms with Crippen LogP contribution in [-0.4, -0.2) is 120 Å². The standard InChI is InChI=1S/4C2H4O2.C2H4.2Ca.2H3N.4H/c4*1-2(3)4;1-2;;;;;;;;/h4*1H3,(H,3,4);1-2H2;;;2*1H3;;;;/q;;;;;2*+2;;;4*-1. The van der Waals surface area contributed by atoms with Crippen LogP contribution >= 0.6 is 0 Å². The van der Waals surface area contributed by atoms with E-state index in [1.165, 1.54) is 0 Å². The van der Waals surface area contributed by atoms with Gasteiger partial charge in [0, 0.05) is 27.7 Å². The van der Waals surface area contributed by atoms with Crippen LogP contribution in [0.4, 0.5) is 0 Å². The summed E-state index contributed by atoms with van der Waals surface area (Å²) in [5.74, 6) is -3.33. The summed E-state index contributed by atoms with van der Waals surface area (Å²) in [4.78, 5) is 36.0. The first-order valence-electron chi connectivity index (χ1n) is 4.21. The Morgan fingerprint density at radius 1 is 0.591 bits per heavy atom. The smallest absolute Gasteiger partial charge is 1.00 e. The van der Waals surface area contributed by atoms with Gasteiger partial charge in [0.15, 0.2) is 0 Å². The minimum absolute atomic E-state index is 0. The zero-order valence-electron chi connectivity index (χ0n) is 17.7. The van der Waals surface area contributed by atoms with Crippen LogP contribution in [-0.2, 0) is 19.2 Å². The largest absolute Gasteiger partial charge is 2.00 e. The molecule has 22 heavy (non-hydrogen) atoms. The van der Waals surface area contributed by atoms with Gasteiger partial charge in [0.1, 0.15) is 0 Å². The van der Waals surface area contributed by atoms with Crippen LogP contribution in [0.5, 0.6) is 0 Å². The van der Waals surface area contributed by atoms with Crippen molar-refractivity contribution in [2.45, 2.75) is 27.7 Å². The van der Waals surface area contributed by atoms with E-state index in [0.29, 0.717) is 0 Å². The monoisotopic (exact) mass is 386 g/mol. The molecule has 0 fully saturated rings. The SMILES string of the molecule is C=C.CC(=O)O.CC(=O)O.CC(=O)O.CC(=O)O.N.N.[Ca+2].[Ca+2].[H-].[H-].[H-].[H-]. The maximum absolute atomic E-state index is 9.00. The number of carboxylic acids is 4. The predicted octanol–water partition coefficient (Wildman–Crippen LogP) is 1.18. The second-order valence-electron chi connectivity index (χ2n) is 2.08. The molecule has 0 heterocycles.